The van der Waals surface area contributed by atoms with Gasteiger partial charge in [-0.15, -0.1) is 0 Å². The number of nitrogens with zero attached hydrogens (tertiary/aromatic N) is 1. The molecule has 0 aromatic heterocycles. The van der Waals surface area contributed by atoms with E-state index in [0.717, 1.165) is 30.6 Å². The third-order valence-corrected chi connectivity index (χ3v) is 5.33. The number of likely N-dealkylation sites (N-methyl/N-ethyl adjacent to an activating group) is 1. The lowest BCUT2D eigenvalue weighted by molar-refractivity contribution is -0.123. The fraction of sp³-hybridized carbons (Fsp3) is 0.435. The molecule has 138 valence electrons. The van der Waals surface area contributed by atoms with Gasteiger partial charge >= 0.3 is 0 Å². The van der Waals surface area contributed by atoms with Gasteiger partial charge in [-0.3, -0.25) is 4.79 Å². The van der Waals surface area contributed by atoms with E-state index in [0.29, 0.717) is 6.04 Å². The topological polar surface area (TPSA) is 32.3 Å². The maximum Gasteiger partial charge on any atom is 0.247 e. The highest BCUT2D eigenvalue weighted by molar-refractivity contribution is 5.87. The summed E-state index contributed by atoms with van der Waals surface area (Å²) in [6, 6.07) is 16.8. The van der Waals surface area contributed by atoms with Crippen LogP contribution in [0.4, 0.5) is 5.69 Å². The number of carbonyl (C=O) groups is 1. The summed E-state index contributed by atoms with van der Waals surface area (Å²) < 4.78 is 0. The van der Waals surface area contributed by atoms with Crippen LogP contribution >= 0.6 is 0 Å². The third kappa shape index (κ3) is 4.27. The molecule has 0 aliphatic heterocycles. The zero-order chi connectivity index (χ0) is 18.5. The van der Waals surface area contributed by atoms with Gasteiger partial charge in [0, 0.05) is 18.3 Å². The van der Waals surface area contributed by atoms with Crippen molar-refractivity contribution >= 4 is 11.6 Å². The van der Waals surface area contributed by atoms with Crippen LogP contribution in [-0.2, 0) is 4.79 Å². The Labute approximate surface area is 157 Å². The van der Waals surface area contributed by atoms with Crippen LogP contribution in [0, 0.1) is 13.8 Å². The lowest BCUT2D eigenvalue weighted by Crippen LogP contribution is -2.44. The summed E-state index contributed by atoms with van der Waals surface area (Å²) in [5.74, 6) is 0.115. The van der Waals surface area contributed by atoms with E-state index < -0.39 is 0 Å². The average molecular weight is 351 g/mol. The number of carbonyl (C=O) groups excluding carboxylic acids is 1. The van der Waals surface area contributed by atoms with Crippen LogP contribution in [0.5, 0.6) is 0 Å². The zero-order valence-corrected chi connectivity index (χ0v) is 16.2. The first-order chi connectivity index (χ1) is 12.6. The van der Waals surface area contributed by atoms with Crippen molar-refractivity contribution in [2.75, 3.05) is 11.4 Å². The Bertz CT molecular complexity index is 732. The van der Waals surface area contributed by atoms with Crippen molar-refractivity contribution in [2.45, 2.75) is 58.5 Å². The summed E-state index contributed by atoms with van der Waals surface area (Å²) in [5, 5.41) is 3.31. The van der Waals surface area contributed by atoms with Gasteiger partial charge in [-0.25, -0.2) is 0 Å². The number of nitrogens with one attached hydrogen (secondary N) is 1. The summed E-state index contributed by atoms with van der Waals surface area (Å²) in [7, 11) is 0. The predicted molar refractivity (Wildman–Crippen MR) is 109 cm³/mol. The van der Waals surface area contributed by atoms with Crippen molar-refractivity contribution in [3.63, 3.8) is 0 Å². The highest BCUT2D eigenvalue weighted by atomic mass is 16.2. The minimum Gasteiger partial charge on any atom is -0.356 e. The highest BCUT2D eigenvalue weighted by Gasteiger charge is 2.29. The van der Waals surface area contributed by atoms with Crippen LogP contribution in [0.2, 0.25) is 0 Å². The molecular formula is C23H30N2O. The molecule has 0 bridgehead atoms. The molecular weight excluding hydrogens is 320 g/mol. The number of amides is 1. The largest absolute Gasteiger partial charge is 0.356 e. The Kier molecular flexibility index (Phi) is 5.97. The summed E-state index contributed by atoms with van der Waals surface area (Å²) in [5.41, 5.74) is 4.57. The molecule has 0 spiro atoms. The molecule has 3 heteroatoms. The zero-order valence-electron chi connectivity index (χ0n) is 16.2. The van der Waals surface area contributed by atoms with Gasteiger partial charge in [0.15, 0.2) is 0 Å². The first-order valence-electron chi connectivity index (χ1n) is 9.78. The van der Waals surface area contributed by atoms with E-state index in [9.17, 15) is 4.79 Å². The number of hydrogen-bond donors (Lipinski definition) is 1. The van der Waals surface area contributed by atoms with Crippen molar-refractivity contribution in [2.24, 2.45) is 0 Å². The van der Waals surface area contributed by atoms with E-state index in [4.69, 9.17) is 0 Å². The molecule has 26 heavy (non-hydrogen) atoms. The quantitative estimate of drug-likeness (QED) is 0.801. The number of anilines is 1. The van der Waals surface area contributed by atoms with E-state index in [1.54, 1.807) is 0 Å². The molecule has 1 N–H and O–H groups in total. The maximum atomic E-state index is 13.3. The minimum atomic E-state index is -0.303. The molecule has 1 amide bonds. The van der Waals surface area contributed by atoms with Gasteiger partial charge < -0.3 is 10.2 Å². The summed E-state index contributed by atoms with van der Waals surface area (Å²) in [6.07, 6.45) is 4.64. The fourth-order valence-electron chi connectivity index (χ4n) is 3.89. The molecule has 1 atom stereocenters. The first kappa shape index (κ1) is 18.5. The van der Waals surface area contributed by atoms with Crippen LogP contribution in [0.1, 0.15) is 55.3 Å². The van der Waals surface area contributed by atoms with E-state index in [-0.39, 0.29) is 11.9 Å². The van der Waals surface area contributed by atoms with Gasteiger partial charge in [-0.1, -0.05) is 54.8 Å². The smallest absolute Gasteiger partial charge is 0.247 e. The lowest BCUT2D eigenvalue weighted by atomic mass is 10.0. The molecule has 3 rings (SSSR count). The van der Waals surface area contributed by atoms with Crippen molar-refractivity contribution in [1.29, 1.82) is 0 Å². The molecule has 1 aliphatic rings. The van der Waals surface area contributed by atoms with Crippen molar-refractivity contribution < 1.29 is 4.79 Å². The SMILES string of the molecule is CCN(c1cccc(C)c1)[C@H](C(=O)NC1CCCC1)c1ccc(C)cc1. The minimum absolute atomic E-state index is 0.115. The van der Waals surface area contributed by atoms with Crippen LogP contribution in [-0.4, -0.2) is 18.5 Å². The Balaban J connectivity index is 1.94. The van der Waals surface area contributed by atoms with E-state index in [2.05, 4.69) is 79.5 Å². The molecule has 2 aromatic carbocycles. The van der Waals surface area contributed by atoms with Crippen molar-refractivity contribution in [3.8, 4) is 0 Å². The van der Waals surface area contributed by atoms with Crippen LogP contribution in [0.3, 0.4) is 0 Å². The number of aryl methyl sites for hydroxylation is 2. The number of benzene rings is 2. The van der Waals surface area contributed by atoms with Crippen molar-refractivity contribution in [3.05, 3.63) is 65.2 Å². The molecule has 0 unspecified atom stereocenters. The maximum absolute atomic E-state index is 13.3. The Hall–Kier alpha value is -2.29. The Morgan fingerprint density at radius 2 is 1.77 bits per heavy atom. The van der Waals surface area contributed by atoms with Gasteiger partial charge in [0.1, 0.15) is 6.04 Å². The highest BCUT2D eigenvalue weighted by Crippen LogP contribution is 2.29. The Morgan fingerprint density at radius 1 is 1.08 bits per heavy atom. The second kappa shape index (κ2) is 8.39. The molecule has 1 saturated carbocycles. The van der Waals surface area contributed by atoms with Gasteiger partial charge in [0.25, 0.3) is 0 Å². The number of hydrogen-bond acceptors (Lipinski definition) is 2. The third-order valence-electron chi connectivity index (χ3n) is 5.33. The summed E-state index contributed by atoms with van der Waals surface area (Å²) in [6.45, 7) is 7.07. The van der Waals surface area contributed by atoms with E-state index in [1.807, 2.05) is 0 Å². The molecule has 1 fully saturated rings. The first-order valence-corrected chi connectivity index (χ1v) is 9.78. The second-order valence-corrected chi connectivity index (χ2v) is 7.43. The van der Waals surface area contributed by atoms with Gasteiger partial charge in [0.2, 0.25) is 5.91 Å². The van der Waals surface area contributed by atoms with E-state index >= 15 is 0 Å². The van der Waals surface area contributed by atoms with Crippen LogP contribution in [0.25, 0.3) is 0 Å². The van der Waals surface area contributed by atoms with Gasteiger partial charge in [-0.2, -0.15) is 0 Å². The molecule has 0 saturated heterocycles. The molecule has 2 aromatic rings. The molecule has 0 radical (unpaired) electrons. The van der Waals surface area contributed by atoms with Gasteiger partial charge in [-0.05, 0) is 56.9 Å². The lowest BCUT2D eigenvalue weighted by Gasteiger charge is -2.33. The monoisotopic (exact) mass is 350 g/mol. The average Bonchev–Trinajstić information content (AvgIpc) is 3.13. The van der Waals surface area contributed by atoms with Crippen molar-refractivity contribution in [1.82, 2.24) is 5.32 Å². The van der Waals surface area contributed by atoms with E-state index in [1.165, 1.54) is 24.0 Å². The molecule has 1 aliphatic carbocycles. The standard InChI is InChI=1S/C23H30N2O/c1-4-25(21-11-7-8-18(3)16-21)22(19-14-12-17(2)13-15-19)23(26)24-20-9-5-6-10-20/h7-8,11-16,20,22H,4-6,9-10H2,1-3H3,(H,24,26)/t22-/m0/s1. The normalized spacial score (nSPS) is 15.7. The summed E-state index contributed by atoms with van der Waals surface area (Å²) in [4.78, 5) is 15.5. The Morgan fingerprint density at radius 3 is 2.38 bits per heavy atom. The fourth-order valence-corrected chi connectivity index (χ4v) is 3.89. The molecule has 3 nitrogen and oxygen atoms in total. The predicted octanol–water partition coefficient (Wildman–Crippen LogP) is 4.93. The van der Waals surface area contributed by atoms with Gasteiger partial charge in [0.05, 0.1) is 0 Å². The van der Waals surface area contributed by atoms with Crippen LogP contribution in [0.15, 0.2) is 48.5 Å². The molecule has 0 heterocycles. The van der Waals surface area contributed by atoms with Crippen LogP contribution < -0.4 is 10.2 Å². The summed E-state index contributed by atoms with van der Waals surface area (Å²) >= 11 is 0. The second-order valence-electron chi connectivity index (χ2n) is 7.43. The number of rotatable bonds is 6.